The zero-order valence-electron chi connectivity index (χ0n) is 8.98. The largest absolute Gasteiger partial charge is 1.00 e. The summed E-state index contributed by atoms with van der Waals surface area (Å²) >= 11 is 0. The van der Waals surface area contributed by atoms with E-state index in [1.54, 1.807) is 0 Å². The highest BCUT2D eigenvalue weighted by Crippen LogP contribution is 2.35. The highest BCUT2D eigenvalue weighted by atomic mass is 79.9. The first-order chi connectivity index (χ1) is 5.62. The molecular formula is C11H22BrN. The molecular weight excluding hydrogens is 226 g/mol. The molecule has 2 saturated heterocycles. The Labute approximate surface area is 92.9 Å². The fourth-order valence-electron chi connectivity index (χ4n) is 2.77. The molecule has 13 heavy (non-hydrogen) atoms. The van der Waals surface area contributed by atoms with E-state index < -0.39 is 0 Å². The van der Waals surface area contributed by atoms with E-state index in [2.05, 4.69) is 13.8 Å². The second-order valence-corrected chi connectivity index (χ2v) is 5.61. The van der Waals surface area contributed by atoms with Crippen LogP contribution >= 0.6 is 0 Å². The molecule has 0 aromatic carbocycles. The van der Waals surface area contributed by atoms with Crippen LogP contribution in [0.15, 0.2) is 0 Å². The van der Waals surface area contributed by atoms with Crippen molar-refractivity contribution >= 4 is 0 Å². The third kappa shape index (κ3) is 2.47. The summed E-state index contributed by atoms with van der Waals surface area (Å²) in [6.45, 7) is 10.8. The molecule has 2 aliphatic heterocycles. The number of piperidine rings is 1. The van der Waals surface area contributed by atoms with E-state index in [1.807, 2.05) is 0 Å². The number of hydrogen-bond acceptors (Lipinski definition) is 0. The Kier molecular flexibility index (Phi) is 3.45. The Morgan fingerprint density at radius 2 is 1.31 bits per heavy atom. The third-order valence-corrected chi connectivity index (χ3v) is 4.04. The van der Waals surface area contributed by atoms with Gasteiger partial charge in [0.15, 0.2) is 0 Å². The van der Waals surface area contributed by atoms with Crippen molar-refractivity contribution in [1.82, 2.24) is 0 Å². The molecule has 0 atom stereocenters. The van der Waals surface area contributed by atoms with E-state index in [0.29, 0.717) is 5.41 Å². The van der Waals surface area contributed by atoms with Gasteiger partial charge in [0.1, 0.15) is 0 Å². The SMILES string of the molecule is CC1(C)CC[N+]2(CCCC2)CC1.[Br-]. The molecule has 0 unspecified atom stereocenters. The first kappa shape index (κ1) is 11.5. The predicted molar refractivity (Wildman–Crippen MR) is 52.0 cm³/mol. The maximum absolute atomic E-state index is 2.43. The van der Waals surface area contributed by atoms with Gasteiger partial charge in [-0.15, -0.1) is 0 Å². The van der Waals surface area contributed by atoms with Gasteiger partial charge in [-0.3, -0.25) is 0 Å². The first-order valence-electron chi connectivity index (χ1n) is 5.47. The number of halogens is 1. The molecule has 0 bridgehead atoms. The zero-order valence-corrected chi connectivity index (χ0v) is 10.6. The van der Waals surface area contributed by atoms with Crippen LogP contribution in [0.2, 0.25) is 0 Å². The van der Waals surface area contributed by atoms with E-state index in [1.165, 1.54) is 56.3 Å². The second kappa shape index (κ2) is 3.90. The lowest BCUT2D eigenvalue weighted by Gasteiger charge is -2.43. The van der Waals surface area contributed by atoms with E-state index in [4.69, 9.17) is 0 Å². The minimum atomic E-state index is 0. The average molecular weight is 248 g/mol. The maximum atomic E-state index is 2.43. The third-order valence-electron chi connectivity index (χ3n) is 4.04. The molecule has 0 aromatic heterocycles. The first-order valence-corrected chi connectivity index (χ1v) is 5.47. The fourth-order valence-corrected chi connectivity index (χ4v) is 2.77. The standard InChI is InChI=1S/C11H22N.BrH/c1-11(2)5-9-12(10-6-11)7-3-4-8-12;/h3-10H2,1-2H3;1H/q+1;/p-1. The molecule has 0 radical (unpaired) electrons. The molecule has 0 aromatic rings. The van der Waals surface area contributed by atoms with Gasteiger partial charge in [0.25, 0.3) is 0 Å². The lowest BCUT2D eigenvalue weighted by molar-refractivity contribution is -0.923. The maximum Gasteiger partial charge on any atom is 0.0791 e. The highest BCUT2D eigenvalue weighted by molar-refractivity contribution is 4.74. The van der Waals surface area contributed by atoms with Crippen LogP contribution < -0.4 is 17.0 Å². The van der Waals surface area contributed by atoms with Crippen LogP contribution in [0.3, 0.4) is 0 Å². The minimum absolute atomic E-state index is 0. The van der Waals surface area contributed by atoms with Gasteiger partial charge in [-0.25, -0.2) is 0 Å². The average Bonchev–Trinajstić information content (AvgIpc) is 2.46. The zero-order chi connectivity index (χ0) is 8.66. The van der Waals surface area contributed by atoms with Gasteiger partial charge in [-0.1, -0.05) is 13.8 Å². The fraction of sp³-hybridized carbons (Fsp3) is 1.00. The van der Waals surface area contributed by atoms with Crippen LogP contribution in [0.25, 0.3) is 0 Å². The van der Waals surface area contributed by atoms with Gasteiger partial charge in [0, 0.05) is 25.7 Å². The Morgan fingerprint density at radius 1 is 0.846 bits per heavy atom. The van der Waals surface area contributed by atoms with Gasteiger partial charge in [0.2, 0.25) is 0 Å². The van der Waals surface area contributed by atoms with E-state index in [0.717, 1.165) is 0 Å². The summed E-state index contributed by atoms with van der Waals surface area (Å²) in [7, 11) is 0. The lowest BCUT2D eigenvalue weighted by Crippen LogP contribution is -3.00. The molecule has 0 aliphatic carbocycles. The van der Waals surface area contributed by atoms with Crippen molar-refractivity contribution in [3.63, 3.8) is 0 Å². The van der Waals surface area contributed by atoms with Crippen LogP contribution in [0.5, 0.6) is 0 Å². The molecule has 2 aliphatic rings. The van der Waals surface area contributed by atoms with Gasteiger partial charge in [0.05, 0.1) is 26.2 Å². The molecule has 1 nitrogen and oxygen atoms in total. The van der Waals surface area contributed by atoms with E-state index >= 15 is 0 Å². The molecule has 2 rings (SSSR count). The van der Waals surface area contributed by atoms with Gasteiger partial charge in [-0.05, 0) is 5.41 Å². The van der Waals surface area contributed by atoms with Gasteiger partial charge < -0.3 is 21.5 Å². The number of nitrogens with zero attached hydrogens (tertiary/aromatic N) is 1. The normalized spacial score (nSPS) is 30.0. The van der Waals surface area contributed by atoms with Crippen molar-refractivity contribution < 1.29 is 21.5 Å². The quantitative estimate of drug-likeness (QED) is 0.503. The van der Waals surface area contributed by atoms with E-state index in [9.17, 15) is 0 Å². The Hall–Kier alpha value is 0.440. The molecule has 78 valence electrons. The summed E-state index contributed by atoms with van der Waals surface area (Å²) in [4.78, 5) is 0. The molecule has 2 fully saturated rings. The Bertz CT molecular complexity index is 159. The summed E-state index contributed by atoms with van der Waals surface area (Å²) < 4.78 is 1.48. The molecule has 2 heterocycles. The van der Waals surface area contributed by atoms with Gasteiger partial charge in [-0.2, -0.15) is 0 Å². The summed E-state index contributed by atoms with van der Waals surface area (Å²) in [5.74, 6) is 0. The smallest absolute Gasteiger partial charge is 0.0791 e. The van der Waals surface area contributed by atoms with Crippen LogP contribution in [0.1, 0.15) is 39.5 Å². The lowest BCUT2D eigenvalue weighted by atomic mass is 9.82. The van der Waals surface area contributed by atoms with Crippen molar-refractivity contribution in [2.45, 2.75) is 39.5 Å². The predicted octanol–water partition coefficient (Wildman–Crippen LogP) is -0.579. The highest BCUT2D eigenvalue weighted by Gasteiger charge is 2.39. The number of rotatable bonds is 0. The summed E-state index contributed by atoms with van der Waals surface area (Å²) in [6.07, 6.45) is 5.88. The van der Waals surface area contributed by atoms with Crippen molar-refractivity contribution in [3.05, 3.63) is 0 Å². The second-order valence-electron chi connectivity index (χ2n) is 5.61. The molecule has 1 spiro atoms. The molecule has 2 heteroatoms. The van der Waals surface area contributed by atoms with Crippen molar-refractivity contribution in [2.24, 2.45) is 5.41 Å². The van der Waals surface area contributed by atoms with E-state index in [-0.39, 0.29) is 17.0 Å². The summed E-state index contributed by atoms with van der Waals surface area (Å²) in [6, 6.07) is 0. The van der Waals surface area contributed by atoms with Crippen LogP contribution in [0, 0.1) is 5.41 Å². The van der Waals surface area contributed by atoms with Gasteiger partial charge >= 0.3 is 0 Å². The summed E-state index contributed by atoms with van der Waals surface area (Å²) in [5, 5.41) is 0. The summed E-state index contributed by atoms with van der Waals surface area (Å²) in [5.41, 5.74) is 0.645. The number of hydrogen-bond donors (Lipinski definition) is 0. The van der Waals surface area contributed by atoms with Crippen molar-refractivity contribution in [3.8, 4) is 0 Å². The minimum Gasteiger partial charge on any atom is -1.00 e. The molecule has 0 saturated carbocycles. The Morgan fingerprint density at radius 3 is 1.77 bits per heavy atom. The van der Waals surface area contributed by atoms with Crippen molar-refractivity contribution in [1.29, 1.82) is 0 Å². The monoisotopic (exact) mass is 247 g/mol. The topological polar surface area (TPSA) is 0 Å². The molecule has 0 amide bonds. The van der Waals surface area contributed by atoms with Crippen LogP contribution in [-0.2, 0) is 0 Å². The Balaban J connectivity index is 0.000000845. The van der Waals surface area contributed by atoms with Crippen LogP contribution in [0.4, 0.5) is 0 Å². The van der Waals surface area contributed by atoms with Crippen molar-refractivity contribution in [2.75, 3.05) is 26.2 Å². The molecule has 0 N–H and O–H groups in total. The van der Waals surface area contributed by atoms with Crippen LogP contribution in [-0.4, -0.2) is 30.7 Å². The number of quaternary nitrogens is 1.